The summed E-state index contributed by atoms with van der Waals surface area (Å²) in [5, 5.41) is 12.5. The second-order valence-electron chi connectivity index (χ2n) is 5.71. The van der Waals surface area contributed by atoms with Gasteiger partial charge in [0, 0.05) is 0 Å². The number of benzene rings is 3. The quantitative estimate of drug-likeness (QED) is 0.396. The molecular weight excluding hydrogens is 395 g/mol. The van der Waals surface area contributed by atoms with Crippen molar-refractivity contribution in [1.82, 2.24) is 0 Å². The van der Waals surface area contributed by atoms with E-state index in [9.17, 15) is 10.1 Å². The Morgan fingerprint density at radius 1 is 0.964 bits per heavy atom. The van der Waals surface area contributed by atoms with Gasteiger partial charge in [-0.1, -0.05) is 59.6 Å². The first-order valence-corrected chi connectivity index (χ1v) is 9.02. The van der Waals surface area contributed by atoms with Crippen LogP contribution >= 0.6 is 23.2 Å². The van der Waals surface area contributed by atoms with E-state index in [0.717, 1.165) is 0 Å². The minimum absolute atomic E-state index is 0.0760. The zero-order valence-electron chi connectivity index (χ0n) is 14.5. The van der Waals surface area contributed by atoms with E-state index >= 15 is 0 Å². The fourth-order valence-electron chi connectivity index (χ4n) is 2.40. The van der Waals surface area contributed by atoms with Gasteiger partial charge in [-0.15, -0.1) is 0 Å². The molecule has 138 valence electrons. The van der Waals surface area contributed by atoms with Gasteiger partial charge >= 0.3 is 0 Å². The smallest absolute Gasteiger partial charge is 0.266 e. The molecule has 1 N–H and O–H groups in total. The summed E-state index contributed by atoms with van der Waals surface area (Å²) >= 11 is 12.0. The normalized spacial score (nSPS) is 10.8. The second-order valence-corrected chi connectivity index (χ2v) is 6.50. The number of carbonyl (C=O) groups is 1. The lowest BCUT2D eigenvalue weighted by molar-refractivity contribution is -0.112. The van der Waals surface area contributed by atoms with E-state index < -0.39 is 5.91 Å². The number of hydrogen-bond acceptors (Lipinski definition) is 3. The molecule has 0 aliphatic heterocycles. The number of nitrogens with one attached hydrogen (secondary N) is 1. The summed E-state index contributed by atoms with van der Waals surface area (Å²) in [6, 6.07) is 23.2. The summed E-state index contributed by atoms with van der Waals surface area (Å²) in [6.07, 6.45) is 1.48. The summed E-state index contributed by atoms with van der Waals surface area (Å²) < 4.78 is 5.77. The number of ether oxygens (including phenoxy) is 1. The van der Waals surface area contributed by atoms with Crippen molar-refractivity contribution in [3.63, 3.8) is 0 Å². The van der Waals surface area contributed by atoms with Gasteiger partial charge in [0.25, 0.3) is 5.91 Å². The predicted octanol–water partition coefficient (Wildman–Crippen LogP) is 6.33. The Morgan fingerprint density at radius 3 is 2.43 bits per heavy atom. The van der Waals surface area contributed by atoms with E-state index in [4.69, 9.17) is 27.9 Å². The van der Waals surface area contributed by atoms with Crippen LogP contribution in [0.25, 0.3) is 6.08 Å². The van der Waals surface area contributed by atoms with Crippen molar-refractivity contribution in [1.29, 1.82) is 5.26 Å². The van der Waals surface area contributed by atoms with E-state index in [2.05, 4.69) is 5.32 Å². The number of anilines is 1. The lowest BCUT2D eigenvalue weighted by Crippen LogP contribution is -2.13. The zero-order chi connectivity index (χ0) is 19.9. The van der Waals surface area contributed by atoms with Crippen LogP contribution in [0, 0.1) is 11.3 Å². The maximum Gasteiger partial charge on any atom is 0.266 e. The number of nitrogens with zero attached hydrogens (tertiary/aromatic N) is 1. The number of rotatable bonds is 5. The third-order valence-electron chi connectivity index (χ3n) is 3.71. The number of halogens is 2. The Balaban J connectivity index is 1.80. The summed E-state index contributed by atoms with van der Waals surface area (Å²) in [7, 11) is 0. The van der Waals surface area contributed by atoms with Crippen LogP contribution in [0.2, 0.25) is 10.0 Å². The van der Waals surface area contributed by atoms with Gasteiger partial charge in [-0.05, 0) is 48.0 Å². The Morgan fingerprint density at radius 2 is 1.68 bits per heavy atom. The molecule has 3 rings (SSSR count). The Kier molecular flexibility index (Phi) is 6.33. The van der Waals surface area contributed by atoms with E-state index in [1.165, 1.54) is 6.08 Å². The highest BCUT2D eigenvalue weighted by Crippen LogP contribution is 2.30. The average Bonchev–Trinajstić information content (AvgIpc) is 2.70. The van der Waals surface area contributed by atoms with Gasteiger partial charge < -0.3 is 10.1 Å². The third kappa shape index (κ3) is 4.92. The zero-order valence-corrected chi connectivity index (χ0v) is 16.0. The molecule has 0 bridgehead atoms. The van der Waals surface area contributed by atoms with Crippen LogP contribution < -0.4 is 10.1 Å². The largest absolute Gasteiger partial charge is 0.457 e. The molecule has 0 saturated heterocycles. The molecular formula is C22H14Cl2N2O2. The van der Waals surface area contributed by atoms with Crippen molar-refractivity contribution < 1.29 is 9.53 Å². The fraction of sp³-hybridized carbons (Fsp3) is 0. The molecule has 0 unspecified atom stereocenters. The molecule has 0 aliphatic rings. The van der Waals surface area contributed by atoms with Gasteiger partial charge in [0.15, 0.2) is 0 Å². The van der Waals surface area contributed by atoms with Gasteiger partial charge in [0.2, 0.25) is 0 Å². The Bertz CT molecular complexity index is 1070. The lowest BCUT2D eigenvalue weighted by Gasteiger charge is -2.08. The van der Waals surface area contributed by atoms with Crippen LogP contribution in [-0.2, 0) is 4.79 Å². The fourth-order valence-corrected chi connectivity index (χ4v) is 2.75. The molecule has 0 saturated carbocycles. The van der Waals surface area contributed by atoms with Gasteiger partial charge in [-0.2, -0.15) is 5.26 Å². The molecule has 0 radical (unpaired) electrons. The molecule has 0 atom stereocenters. The van der Waals surface area contributed by atoms with Crippen molar-refractivity contribution in [3.05, 3.63) is 94.0 Å². The number of nitriles is 1. The van der Waals surface area contributed by atoms with Gasteiger partial charge in [-0.3, -0.25) is 4.79 Å². The van der Waals surface area contributed by atoms with Crippen LogP contribution in [0.15, 0.2) is 78.4 Å². The SMILES string of the molecule is N#C/C(=C\c1cccc(Oc2ccccc2)c1)C(=O)Nc1cccc(Cl)c1Cl. The van der Waals surface area contributed by atoms with E-state index in [1.54, 1.807) is 42.5 Å². The summed E-state index contributed by atoms with van der Waals surface area (Å²) in [6.45, 7) is 0. The molecule has 4 nitrogen and oxygen atoms in total. The summed E-state index contributed by atoms with van der Waals surface area (Å²) in [4.78, 5) is 12.5. The van der Waals surface area contributed by atoms with Gasteiger partial charge in [0.05, 0.1) is 15.7 Å². The average molecular weight is 409 g/mol. The van der Waals surface area contributed by atoms with Crippen LogP contribution in [-0.4, -0.2) is 5.91 Å². The van der Waals surface area contributed by atoms with Crippen LogP contribution in [0.5, 0.6) is 11.5 Å². The molecule has 0 spiro atoms. The number of para-hydroxylation sites is 1. The minimum Gasteiger partial charge on any atom is -0.457 e. The first-order chi connectivity index (χ1) is 13.6. The van der Waals surface area contributed by atoms with Gasteiger partial charge in [-0.25, -0.2) is 0 Å². The second kappa shape index (κ2) is 9.09. The monoisotopic (exact) mass is 408 g/mol. The molecule has 0 heterocycles. The van der Waals surface area contributed by atoms with Crippen LogP contribution in [0.3, 0.4) is 0 Å². The molecule has 0 fully saturated rings. The summed E-state index contributed by atoms with van der Waals surface area (Å²) in [5.74, 6) is 0.703. The minimum atomic E-state index is -0.582. The molecule has 3 aromatic carbocycles. The predicted molar refractivity (Wildman–Crippen MR) is 112 cm³/mol. The topological polar surface area (TPSA) is 62.1 Å². The van der Waals surface area contributed by atoms with E-state index in [-0.39, 0.29) is 10.6 Å². The molecule has 0 aromatic heterocycles. The van der Waals surface area contributed by atoms with Gasteiger partial charge in [0.1, 0.15) is 23.1 Å². The van der Waals surface area contributed by atoms with Crippen molar-refractivity contribution >= 4 is 40.9 Å². The highest BCUT2D eigenvalue weighted by molar-refractivity contribution is 6.44. The van der Waals surface area contributed by atoms with E-state index in [1.807, 2.05) is 36.4 Å². The third-order valence-corrected chi connectivity index (χ3v) is 4.53. The van der Waals surface area contributed by atoms with Crippen molar-refractivity contribution in [2.45, 2.75) is 0 Å². The molecule has 0 aliphatic carbocycles. The maximum atomic E-state index is 12.5. The molecule has 3 aromatic rings. The maximum absolute atomic E-state index is 12.5. The van der Waals surface area contributed by atoms with Crippen molar-refractivity contribution in [2.24, 2.45) is 0 Å². The van der Waals surface area contributed by atoms with Crippen molar-refractivity contribution in [2.75, 3.05) is 5.32 Å². The van der Waals surface area contributed by atoms with E-state index in [0.29, 0.717) is 27.8 Å². The van der Waals surface area contributed by atoms with Crippen molar-refractivity contribution in [3.8, 4) is 17.6 Å². The summed E-state index contributed by atoms with van der Waals surface area (Å²) in [5.41, 5.74) is 0.909. The highest BCUT2D eigenvalue weighted by atomic mass is 35.5. The first kappa shape index (κ1) is 19.5. The highest BCUT2D eigenvalue weighted by Gasteiger charge is 2.13. The molecule has 1 amide bonds. The lowest BCUT2D eigenvalue weighted by atomic mass is 10.1. The first-order valence-electron chi connectivity index (χ1n) is 8.27. The number of hydrogen-bond donors (Lipinski definition) is 1. The standard InChI is InChI=1S/C22H14Cl2N2O2/c23-19-10-5-11-20(21(19)24)26-22(27)16(14-25)12-15-6-4-9-18(13-15)28-17-7-2-1-3-8-17/h1-13H,(H,26,27)/b16-12+. The van der Waals surface area contributed by atoms with Crippen LogP contribution in [0.4, 0.5) is 5.69 Å². The number of amides is 1. The van der Waals surface area contributed by atoms with Crippen LogP contribution in [0.1, 0.15) is 5.56 Å². The molecule has 28 heavy (non-hydrogen) atoms. The molecule has 6 heteroatoms. The number of carbonyl (C=O) groups excluding carboxylic acids is 1. The Hall–Kier alpha value is -3.26. The Labute approximate surface area is 172 Å².